The lowest BCUT2D eigenvalue weighted by Crippen LogP contribution is -2.26. The summed E-state index contributed by atoms with van der Waals surface area (Å²) >= 11 is 0. The molecule has 4 nitrogen and oxygen atoms in total. The topological polar surface area (TPSA) is 34.0 Å². The first-order valence-electron chi connectivity index (χ1n) is 8.38. The van der Waals surface area contributed by atoms with E-state index in [2.05, 4.69) is 64.7 Å². The number of allylic oxidation sites excluding steroid dienone is 1. The van der Waals surface area contributed by atoms with Gasteiger partial charge in [0.1, 0.15) is 6.33 Å². The summed E-state index contributed by atoms with van der Waals surface area (Å²) < 4.78 is 2.37. The molecule has 0 amide bonds. The minimum Gasteiger partial charge on any atom is -0.320 e. The molecular weight excluding hydrogens is 296 g/mol. The summed E-state index contributed by atoms with van der Waals surface area (Å²) in [6.07, 6.45) is 8.63. The van der Waals surface area contributed by atoms with Crippen molar-refractivity contribution in [2.24, 2.45) is 0 Å². The minimum absolute atomic E-state index is 1.02. The largest absolute Gasteiger partial charge is 0.320 e. The van der Waals surface area contributed by atoms with Gasteiger partial charge in [-0.2, -0.15) is 0 Å². The van der Waals surface area contributed by atoms with Crippen LogP contribution in [-0.4, -0.2) is 33.0 Å². The van der Waals surface area contributed by atoms with E-state index in [1.54, 1.807) is 6.33 Å². The Morgan fingerprint density at radius 1 is 1.21 bits per heavy atom. The fourth-order valence-electron chi connectivity index (χ4n) is 3.56. The number of rotatable bonds is 2. The molecule has 0 atom stereocenters. The highest BCUT2D eigenvalue weighted by atomic mass is 15.1. The summed E-state index contributed by atoms with van der Waals surface area (Å²) in [5.74, 6) is 0. The Kier molecular flexibility index (Phi) is 3.69. The molecule has 122 valence electrons. The second-order valence-electron chi connectivity index (χ2n) is 6.74. The van der Waals surface area contributed by atoms with Gasteiger partial charge in [-0.25, -0.2) is 9.97 Å². The van der Waals surface area contributed by atoms with Crippen LogP contribution in [0.15, 0.2) is 36.9 Å². The van der Waals surface area contributed by atoms with E-state index in [0.717, 1.165) is 25.1 Å². The van der Waals surface area contributed by atoms with Crippen LogP contribution in [0.5, 0.6) is 0 Å². The van der Waals surface area contributed by atoms with Crippen LogP contribution in [0.3, 0.4) is 0 Å². The molecule has 4 rings (SSSR count). The van der Waals surface area contributed by atoms with Gasteiger partial charge in [0, 0.05) is 54.7 Å². The van der Waals surface area contributed by atoms with E-state index in [0.29, 0.717) is 0 Å². The van der Waals surface area contributed by atoms with E-state index in [4.69, 9.17) is 0 Å². The van der Waals surface area contributed by atoms with Crippen molar-refractivity contribution in [3.8, 4) is 0 Å². The third kappa shape index (κ3) is 2.53. The number of benzene rings is 1. The number of likely N-dealkylation sites (N-methyl/N-ethyl adjacent to an activating group) is 1. The molecule has 0 aliphatic carbocycles. The smallest absolute Gasteiger partial charge is 0.115 e. The lowest BCUT2D eigenvalue weighted by atomic mass is 10.0. The number of hydrogen-bond donors (Lipinski definition) is 0. The average molecular weight is 318 g/mol. The quantitative estimate of drug-likeness (QED) is 0.722. The Balaban J connectivity index is 1.92. The maximum atomic E-state index is 4.14. The normalized spacial score (nSPS) is 15.7. The van der Waals surface area contributed by atoms with Crippen LogP contribution in [0.25, 0.3) is 22.7 Å². The van der Waals surface area contributed by atoms with Crippen molar-refractivity contribution in [2.75, 3.05) is 13.6 Å². The Labute approximate surface area is 142 Å². The van der Waals surface area contributed by atoms with E-state index in [1.165, 1.54) is 33.3 Å². The second-order valence-corrected chi connectivity index (χ2v) is 6.74. The zero-order valence-corrected chi connectivity index (χ0v) is 14.5. The third-order valence-corrected chi connectivity index (χ3v) is 4.87. The molecule has 1 aromatic carbocycles. The van der Waals surface area contributed by atoms with Gasteiger partial charge >= 0.3 is 0 Å². The zero-order chi connectivity index (χ0) is 16.7. The Hall–Kier alpha value is -2.46. The Bertz CT molecular complexity index is 922. The number of aromatic nitrogens is 3. The molecule has 3 aromatic rings. The first kappa shape index (κ1) is 15.1. The van der Waals surface area contributed by atoms with Gasteiger partial charge in [0.2, 0.25) is 0 Å². The van der Waals surface area contributed by atoms with Crippen LogP contribution in [0.4, 0.5) is 0 Å². The molecule has 2 aromatic heterocycles. The number of fused-ring (bicyclic) bond motifs is 3. The number of hydrogen-bond acceptors (Lipinski definition) is 3. The van der Waals surface area contributed by atoms with Gasteiger partial charge in [0.15, 0.2) is 0 Å². The van der Waals surface area contributed by atoms with Gasteiger partial charge in [0.25, 0.3) is 0 Å². The summed E-state index contributed by atoms with van der Waals surface area (Å²) in [6, 6.07) is 6.76. The van der Waals surface area contributed by atoms with Gasteiger partial charge < -0.3 is 9.47 Å². The summed E-state index contributed by atoms with van der Waals surface area (Å²) in [4.78, 5) is 10.7. The fraction of sp³-hybridized carbons (Fsp3) is 0.300. The van der Waals surface area contributed by atoms with E-state index >= 15 is 0 Å². The molecule has 0 unspecified atom stereocenters. The van der Waals surface area contributed by atoms with Crippen molar-refractivity contribution in [1.82, 2.24) is 19.4 Å². The van der Waals surface area contributed by atoms with Crippen molar-refractivity contribution in [1.29, 1.82) is 0 Å². The molecule has 3 heterocycles. The van der Waals surface area contributed by atoms with Crippen LogP contribution in [0.2, 0.25) is 0 Å². The maximum absolute atomic E-state index is 4.14. The van der Waals surface area contributed by atoms with E-state index < -0.39 is 0 Å². The van der Waals surface area contributed by atoms with Crippen LogP contribution in [0.1, 0.15) is 29.3 Å². The van der Waals surface area contributed by atoms with Crippen molar-refractivity contribution in [3.63, 3.8) is 0 Å². The molecular formula is C20H22N4. The second kappa shape index (κ2) is 5.87. The first-order chi connectivity index (χ1) is 11.6. The molecule has 4 heteroatoms. The van der Waals surface area contributed by atoms with Gasteiger partial charge in [-0.3, -0.25) is 0 Å². The van der Waals surface area contributed by atoms with Gasteiger partial charge in [-0.05, 0) is 44.2 Å². The highest BCUT2D eigenvalue weighted by molar-refractivity contribution is 5.90. The van der Waals surface area contributed by atoms with Gasteiger partial charge in [0.05, 0.1) is 5.52 Å². The van der Waals surface area contributed by atoms with Crippen LogP contribution < -0.4 is 0 Å². The summed E-state index contributed by atoms with van der Waals surface area (Å²) in [5, 5.41) is 1.38. The molecule has 0 saturated heterocycles. The van der Waals surface area contributed by atoms with Gasteiger partial charge in [-0.15, -0.1) is 0 Å². The molecule has 0 N–H and O–H groups in total. The number of nitrogens with zero attached hydrogens (tertiary/aromatic N) is 4. The fourth-order valence-corrected chi connectivity index (χ4v) is 3.56. The van der Waals surface area contributed by atoms with Crippen molar-refractivity contribution < 1.29 is 0 Å². The first-order valence-corrected chi connectivity index (χ1v) is 8.38. The average Bonchev–Trinajstić information content (AvgIpc) is 2.88. The lowest BCUT2D eigenvalue weighted by Gasteiger charge is -2.23. The minimum atomic E-state index is 1.02. The summed E-state index contributed by atoms with van der Waals surface area (Å²) in [6.45, 7) is 6.41. The molecule has 24 heavy (non-hydrogen) atoms. The van der Waals surface area contributed by atoms with Crippen LogP contribution >= 0.6 is 0 Å². The lowest BCUT2D eigenvalue weighted by molar-refractivity contribution is 0.312. The molecule has 0 spiro atoms. The predicted octanol–water partition coefficient (Wildman–Crippen LogP) is 3.75. The standard InChI is InChI=1S/C20H22N4/c1-14-4-5-19-17(8-14)18-12-23(3)7-6-20(18)24(19)11-15(2)16-9-21-13-22-10-16/h4-5,8-11,13H,6-7,12H2,1-3H3/b15-11+. The van der Waals surface area contributed by atoms with Crippen LogP contribution in [0, 0.1) is 6.92 Å². The molecule has 1 aliphatic heterocycles. The summed E-state index contributed by atoms with van der Waals surface area (Å²) in [7, 11) is 2.20. The third-order valence-electron chi connectivity index (χ3n) is 4.87. The molecule has 1 aliphatic rings. The Morgan fingerprint density at radius 3 is 2.79 bits per heavy atom. The molecule has 0 radical (unpaired) electrons. The molecule has 0 fully saturated rings. The molecule has 0 saturated carbocycles. The van der Waals surface area contributed by atoms with Gasteiger partial charge in [-0.1, -0.05) is 11.6 Å². The SMILES string of the molecule is C/C(=C\n1c2c(c3cc(C)ccc31)CN(C)CC2)c1cncnc1. The van der Waals surface area contributed by atoms with Crippen molar-refractivity contribution >= 4 is 22.7 Å². The maximum Gasteiger partial charge on any atom is 0.115 e. The van der Waals surface area contributed by atoms with E-state index in [-0.39, 0.29) is 0 Å². The number of aryl methyl sites for hydroxylation is 1. The highest BCUT2D eigenvalue weighted by Crippen LogP contribution is 2.32. The van der Waals surface area contributed by atoms with E-state index in [1.807, 2.05) is 12.4 Å². The monoisotopic (exact) mass is 318 g/mol. The van der Waals surface area contributed by atoms with E-state index in [9.17, 15) is 0 Å². The van der Waals surface area contributed by atoms with Crippen molar-refractivity contribution in [3.05, 3.63) is 59.3 Å². The van der Waals surface area contributed by atoms with Crippen molar-refractivity contribution in [2.45, 2.75) is 26.8 Å². The highest BCUT2D eigenvalue weighted by Gasteiger charge is 2.21. The zero-order valence-electron chi connectivity index (χ0n) is 14.5. The predicted molar refractivity (Wildman–Crippen MR) is 98.6 cm³/mol. The Morgan fingerprint density at radius 2 is 2.00 bits per heavy atom. The molecule has 0 bridgehead atoms. The summed E-state index contributed by atoms with van der Waals surface area (Å²) in [5.41, 5.74) is 7.74. The van der Waals surface area contributed by atoms with Crippen LogP contribution in [-0.2, 0) is 13.0 Å².